The highest BCUT2D eigenvalue weighted by molar-refractivity contribution is 5.61. The van der Waals surface area contributed by atoms with Gasteiger partial charge in [-0.2, -0.15) is 0 Å². The lowest BCUT2D eigenvalue weighted by Gasteiger charge is -2.37. The first-order valence-electron chi connectivity index (χ1n) is 9.32. The van der Waals surface area contributed by atoms with E-state index in [-0.39, 0.29) is 11.5 Å². The van der Waals surface area contributed by atoms with E-state index in [0.717, 1.165) is 0 Å². The summed E-state index contributed by atoms with van der Waals surface area (Å²) < 4.78 is 41.9. The number of hydrogen-bond acceptors (Lipinski definition) is 5. The SMILES string of the molecule is Cc1nc(Nc2c(F)cccc2F)cc(N2CCN(c3ccccc3F)CC2)n1. The molecule has 0 spiro atoms. The van der Waals surface area contributed by atoms with Crippen molar-refractivity contribution in [2.24, 2.45) is 0 Å². The van der Waals surface area contributed by atoms with Gasteiger partial charge in [0, 0.05) is 32.2 Å². The van der Waals surface area contributed by atoms with Crippen molar-refractivity contribution in [3.05, 3.63) is 71.8 Å². The molecule has 4 rings (SSSR count). The van der Waals surface area contributed by atoms with Crippen LogP contribution in [0.25, 0.3) is 0 Å². The van der Waals surface area contributed by atoms with E-state index >= 15 is 0 Å². The molecular formula is C21H20F3N5. The maximum absolute atomic E-state index is 14.0. The van der Waals surface area contributed by atoms with Crippen LogP contribution in [0.5, 0.6) is 0 Å². The lowest BCUT2D eigenvalue weighted by atomic mass is 10.2. The molecule has 0 saturated carbocycles. The molecule has 0 atom stereocenters. The van der Waals surface area contributed by atoms with Crippen LogP contribution >= 0.6 is 0 Å². The summed E-state index contributed by atoms with van der Waals surface area (Å²) >= 11 is 0. The lowest BCUT2D eigenvalue weighted by Crippen LogP contribution is -2.47. The van der Waals surface area contributed by atoms with Crippen LogP contribution in [0.2, 0.25) is 0 Å². The third kappa shape index (κ3) is 4.11. The number of nitrogens with one attached hydrogen (secondary N) is 1. The van der Waals surface area contributed by atoms with Gasteiger partial charge in [-0.15, -0.1) is 0 Å². The van der Waals surface area contributed by atoms with Crippen molar-refractivity contribution in [2.75, 3.05) is 41.3 Å². The number of halogens is 3. The smallest absolute Gasteiger partial charge is 0.149 e. The molecule has 0 bridgehead atoms. The van der Waals surface area contributed by atoms with E-state index in [0.29, 0.717) is 49.3 Å². The zero-order valence-electron chi connectivity index (χ0n) is 15.9. The molecule has 1 aliphatic heterocycles. The first-order chi connectivity index (χ1) is 14.0. The Morgan fingerprint density at radius 3 is 2.10 bits per heavy atom. The topological polar surface area (TPSA) is 44.3 Å². The minimum Gasteiger partial charge on any atom is -0.366 e. The van der Waals surface area contributed by atoms with Crippen LogP contribution in [0.1, 0.15) is 5.82 Å². The van der Waals surface area contributed by atoms with Gasteiger partial charge in [0.2, 0.25) is 0 Å². The molecule has 1 saturated heterocycles. The van der Waals surface area contributed by atoms with E-state index in [4.69, 9.17) is 0 Å². The number of nitrogens with zero attached hydrogens (tertiary/aromatic N) is 4. The van der Waals surface area contributed by atoms with Crippen molar-refractivity contribution < 1.29 is 13.2 Å². The van der Waals surface area contributed by atoms with Crippen molar-refractivity contribution >= 4 is 23.0 Å². The quantitative estimate of drug-likeness (QED) is 0.710. The van der Waals surface area contributed by atoms with E-state index in [1.165, 1.54) is 24.3 Å². The van der Waals surface area contributed by atoms with Crippen LogP contribution in [-0.2, 0) is 0 Å². The molecule has 5 nitrogen and oxygen atoms in total. The summed E-state index contributed by atoms with van der Waals surface area (Å²) in [7, 11) is 0. The largest absolute Gasteiger partial charge is 0.366 e. The number of benzene rings is 2. The lowest BCUT2D eigenvalue weighted by molar-refractivity contribution is 0.590. The van der Waals surface area contributed by atoms with E-state index in [2.05, 4.69) is 20.2 Å². The van der Waals surface area contributed by atoms with Crippen LogP contribution in [0.4, 0.5) is 36.2 Å². The maximum Gasteiger partial charge on any atom is 0.149 e. The number of rotatable bonds is 4. The third-order valence-corrected chi connectivity index (χ3v) is 4.84. The van der Waals surface area contributed by atoms with Crippen molar-refractivity contribution in [1.29, 1.82) is 0 Å². The molecule has 1 fully saturated rings. The second kappa shape index (κ2) is 7.98. The average molecular weight is 399 g/mol. The number of hydrogen-bond donors (Lipinski definition) is 1. The molecule has 1 aliphatic rings. The summed E-state index contributed by atoms with van der Waals surface area (Å²) in [6.45, 7) is 4.27. The molecule has 0 aliphatic carbocycles. The van der Waals surface area contributed by atoms with Crippen LogP contribution < -0.4 is 15.1 Å². The Labute approximate surface area is 166 Å². The van der Waals surface area contributed by atoms with Crippen molar-refractivity contribution in [3.63, 3.8) is 0 Å². The molecule has 0 amide bonds. The van der Waals surface area contributed by atoms with E-state index in [9.17, 15) is 13.2 Å². The van der Waals surface area contributed by atoms with Gasteiger partial charge in [0.15, 0.2) is 0 Å². The van der Waals surface area contributed by atoms with Gasteiger partial charge >= 0.3 is 0 Å². The van der Waals surface area contributed by atoms with Gasteiger partial charge in [-0.3, -0.25) is 0 Å². The second-order valence-corrected chi connectivity index (χ2v) is 6.81. The van der Waals surface area contributed by atoms with Gasteiger partial charge in [-0.1, -0.05) is 18.2 Å². The Balaban J connectivity index is 1.51. The zero-order valence-corrected chi connectivity index (χ0v) is 15.9. The predicted molar refractivity (Wildman–Crippen MR) is 107 cm³/mol. The number of piperazine rings is 1. The highest BCUT2D eigenvalue weighted by Crippen LogP contribution is 2.26. The molecule has 150 valence electrons. The predicted octanol–water partition coefficient (Wildman–Crippen LogP) is 4.27. The number of para-hydroxylation sites is 2. The fraction of sp³-hybridized carbons (Fsp3) is 0.238. The fourth-order valence-corrected chi connectivity index (χ4v) is 3.41. The first-order valence-corrected chi connectivity index (χ1v) is 9.32. The highest BCUT2D eigenvalue weighted by Gasteiger charge is 2.21. The van der Waals surface area contributed by atoms with Gasteiger partial charge in [-0.05, 0) is 31.2 Å². The molecule has 0 radical (unpaired) electrons. The third-order valence-electron chi connectivity index (χ3n) is 4.84. The van der Waals surface area contributed by atoms with Crippen molar-refractivity contribution in [3.8, 4) is 0 Å². The molecule has 1 aromatic heterocycles. The van der Waals surface area contributed by atoms with Crippen LogP contribution in [0.3, 0.4) is 0 Å². The van der Waals surface area contributed by atoms with E-state index in [1.54, 1.807) is 25.1 Å². The first kappa shape index (κ1) is 19.0. The van der Waals surface area contributed by atoms with Gasteiger partial charge in [0.25, 0.3) is 0 Å². The second-order valence-electron chi connectivity index (χ2n) is 6.81. The fourth-order valence-electron chi connectivity index (χ4n) is 3.41. The Morgan fingerprint density at radius 2 is 1.41 bits per heavy atom. The number of aromatic nitrogens is 2. The van der Waals surface area contributed by atoms with E-state index in [1.807, 2.05) is 11.0 Å². The summed E-state index contributed by atoms with van der Waals surface area (Å²) in [5.74, 6) is -0.170. The normalized spacial score (nSPS) is 14.2. The highest BCUT2D eigenvalue weighted by atomic mass is 19.1. The Morgan fingerprint density at radius 1 is 0.793 bits per heavy atom. The molecular weight excluding hydrogens is 379 g/mol. The summed E-state index contributed by atoms with van der Waals surface area (Å²) in [6.07, 6.45) is 0. The summed E-state index contributed by atoms with van der Waals surface area (Å²) in [5, 5.41) is 2.72. The standard InChI is InChI=1S/C21H20F3N5/c1-14-25-19(27-21-16(23)6-4-7-17(21)24)13-20(26-14)29-11-9-28(10-12-29)18-8-3-2-5-15(18)22/h2-8,13H,9-12H2,1H3,(H,25,26,27). The van der Waals surface area contributed by atoms with Crippen molar-refractivity contribution in [2.45, 2.75) is 6.92 Å². The molecule has 1 N–H and O–H groups in total. The van der Waals surface area contributed by atoms with Gasteiger partial charge < -0.3 is 15.1 Å². The minimum absolute atomic E-state index is 0.239. The summed E-state index contributed by atoms with van der Waals surface area (Å²) in [6, 6.07) is 12.0. The molecule has 2 aromatic carbocycles. The van der Waals surface area contributed by atoms with Crippen molar-refractivity contribution in [1.82, 2.24) is 9.97 Å². The Bertz CT molecular complexity index is 999. The number of anilines is 4. The average Bonchev–Trinajstić information content (AvgIpc) is 2.71. The zero-order chi connectivity index (χ0) is 20.4. The summed E-state index contributed by atoms with van der Waals surface area (Å²) in [5.41, 5.74) is 0.337. The monoisotopic (exact) mass is 399 g/mol. The van der Waals surface area contributed by atoms with Gasteiger partial charge in [-0.25, -0.2) is 23.1 Å². The maximum atomic E-state index is 14.0. The van der Waals surface area contributed by atoms with E-state index < -0.39 is 11.6 Å². The van der Waals surface area contributed by atoms with Crippen LogP contribution in [0.15, 0.2) is 48.5 Å². The van der Waals surface area contributed by atoms with Crippen LogP contribution in [-0.4, -0.2) is 36.1 Å². The minimum atomic E-state index is -0.693. The van der Waals surface area contributed by atoms with Gasteiger partial charge in [0.05, 0.1) is 5.69 Å². The van der Waals surface area contributed by atoms with Crippen LogP contribution in [0, 0.1) is 24.4 Å². The molecule has 2 heterocycles. The van der Waals surface area contributed by atoms with Gasteiger partial charge in [0.1, 0.15) is 40.6 Å². The molecule has 8 heteroatoms. The molecule has 29 heavy (non-hydrogen) atoms. The molecule has 3 aromatic rings. The Hall–Kier alpha value is -3.29. The number of aryl methyl sites for hydroxylation is 1. The summed E-state index contributed by atoms with van der Waals surface area (Å²) in [4.78, 5) is 12.7. The molecule has 0 unspecified atom stereocenters. The Kier molecular flexibility index (Phi) is 5.24.